The molecule has 1 aliphatic heterocycles. The monoisotopic (exact) mass is 443 g/mol. The van der Waals surface area contributed by atoms with Gasteiger partial charge < -0.3 is 4.90 Å². The highest BCUT2D eigenvalue weighted by Gasteiger charge is 2.35. The van der Waals surface area contributed by atoms with E-state index < -0.39 is 9.84 Å². The Labute approximate surface area is 173 Å². The van der Waals surface area contributed by atoms with E-state index in [9.17, 15) is 13.2 Å². The zero-order chi connectivity index (χ0) is 19.4. The van der Waals surface area contributed by atoms with Crippen molar-refractivity contribution >= 4 is 56.4 Å². The van der Waals surface area contributed by atoms with E-state index in [1.54, 1.807) is 17.0 Å². The van der Waals surface area contributed by atoms with Crippen LogP contribution in [0.25, 0.3) is 0 Å². The first-order valence-electron chi connectivity index (χ1n) is 8.45. The molecule has 1 unspecified atom stereocenters. The molecule has 2 aromatic carbocycles. The Kier molecular flexibility index (Phi) is 6.74. The van der Waals surface area contributed by atoms with E-state index in [0.29, 0.717) is 22.2 Å². The van der Waals surface area contributed by atoms with Crippen LogP contribution in [-0.2, 0) is 20.4 Å². The summed E-state index contributed by atoms with van der Waals surface area (Å²) in [4.78, 5) is 14.6. The van der Waals surface area contributed by atoms with E-state index in [1.807, 2.05) is 36.4 Å². The summed E-state index contributed by atoms with van der Waals surface area (Å²) in [6.45, 7) is 0. The van der Waals surface area contributed by atoms with Crippen molar-refractivity contribution in [1.82, 2.24) is 0 Å². The van der Waals surface area contributed by atoms with Crippen molar-refractivity contribution in [3.05, 3.63) is 64.1 Å². The summed E-state index contributed by atoms with van der Waals surface area (Å²) < 4.78 is 23.8. The highest BCUT2D eigenvalue weighted by Crippen LogP contribution is 2.27. The normalized spacial score (nSPS) is 18.4. The molecule has 0 saturated carbocycles. The lowest BCUT2D eigenvalue weighted by molar-refractivity contribution is -0.116. The average Bonchev–Trinajstić information content (AvgIpc) is 2.98. The van der Waals surface area contributed by atoms with Crippen molar-refractivity contribution < 1.29 is 13.2 Å². The molecule has 2 aromatic rings. The van der Waals surface area contributed by atoms with E-state index in [4.69, 9.17) is 23.2 Å². The van der Waals surface area contributed by atoms with Crippen LogP contribution in [0.2, 0.25) is 10.0 Å². The van der Waals surface area contributed by atoms with Gasteiger partial charge in [0.15, 0.2) is 9.84 Å². The van der Waals surface area contributed by atoms with Gasteiger partial charge in [-0.1, -0.05) is 47.5 Å². The van der Waals surface area contributed by atoms with Gasteiger partial charge in [0.1, 0.15) is 0 Å². The maximum Gasteiger partial charge on any atom is 0.237 e. The van der Waals surface area contributed by atoms with E-state index >= 15 is 0 Å². The minimum absolute atomic E-state index is 0.0189. The zero-order valence-corrected chi connectivity index (χ0v) is 17.6. The van der Waals surface area contributed by atoms with Crippen molar-refractivity contribution in [3.8, 4) is 0 Å². The molecule has 1 atom stereocenters. The van der Waals surface area contributed by atoms with Gasteiger partial charge in [-0.15, -0.1) is 11.8 Å². The number of benzene rings is 2. The molecule has 1 amide bonds. The number of thioether (sulfide) groups is 1. The van der Waals surface area contributed by atoms with Gasteiger partial charge in [-0.05, 0) is 36.2 Å². The van der Waals surface area contributed by atoms with Gasteiger partial charge in [-0.25, -0.2) is 8.42 Å². The summed E-state index contributed by atoms with van der Waals surface area (Å²) in [5.74, 6) is 0.934. The summed E-state index contributed by atoms with van der Waals surface area (Å²) >= 11 is 13.4. The second-order valence-electron chi connectivity index (χ2n) is 6.40. The summed E-state index contributed by atoms with van der Waals surface area (Å²) in [5.41, 5.74) is 1.72. The number of amides is 1. The molecular formula is C19H19Cl2NO3S2. The van der Waals surface area contributed by atoms with Crippen molar-refractivity contribution in [1.29, 1.82) is 0 Å². The second kappa shape index (κ2) is 8.86. The zero-order valence-electron chi connectivity index (χ0n) is 14.5. The molecule has 0 aromatic heterocycles. The van der Waals surface area contributed by atoms with Crippen molar-refractivity contribution in [2.45, 2.75) is 18.2 Å². The highest BCUT2D eigenvalue weighted by atomic mass is 35.5. The van der Waals surface area contributed by atoms with Gasteiger partial charge in [0.05, 0.1) is 33.3 Å². The van der Waals surface area contributed by atoms with Crippen molar-refractivity contribution in [2.75, 3.05) is 22.2 Å². The number of hydrogen-bond donors (Lipinski definition) is 0. The molecule has 0 radical (unpaired) electrons. The summed E-state index contributed by atoms with van der Waals surface area (Å²) in [6.07, 6.45) is 0.473. The number of halogens is 2. The minimum atomic E-state index is -3.08. The van der Waals surface area contributed by atoms with Crippen LogP contribution in [0.5, 0.6) is 0 Å². The Bertz CT molecular complexity index is 920. The molecule has 8 heteroatoms. The summed E-state index contributed by atoms with van der Waals surface area (Å²) in [6, 6.07) is 14.3. The number of carbonyl (C=O) groups is 1. The molecule has 0 bridgehead atoms. The van der Waals surface area contributed by atoms with E-state index in [1.165, 1.54) is 11.8 Å². The Morgan fingerprint density at radius 3 is 2.48 bits per heavy atom. The lowest BCUT2D eigenvalue weighted by Gasteiger charge is -2.28. The highest BCUT2D eigenvalue weighted by molar-refractivity contribution is 7.99. The average molecular weight is 444 g/mol. The molecule has 0 spiro atoms. The SMILES string of the molecule is O=C(CSCc1ccc(Cl)c(Cl)c1)N(c1ccccc1)C1CCS(=O)(=O)C1. The number of anilines is 1. The maximum absolute atomic E-state index is 12.9. The third kappa shape index (κ3) is 5.41. The predicted molar refractivity (Wildman–Crippen MR) is 114 cm³/mol. The first-order chi connectivity index (χ1) is 12.9. The van der Waals surface area contributed by atoms with Crippen LogP contribution in [0, 0.1) is 0 Å². The van der Waals surface area contributed by atoms with Crippen LogP contribution in [0.3, 0.4) is 0 Å². The Morgan fingerprint density at radius 1 is 1.11 bits per heavy atom. The number of nitrogens with zero attached hydrogens (tertiary/aromatic N) is 1. The number of para-hydroxylation sites is 1. The molecule has 1 heterocycles. The second-order valence-corrected chi connectivity index (χ2v) is 10.4. The molecule has 1 fully saturated rings. The quantitative estimate of drug-likeness (QED) is 0.661. The fourth-order valence-electron chi connectivity index (χ4n) is 3.08. The molecule has 1 saturated heterocycles. The molecule has 0 N–H and O–H groups in total. The van der Waals surface area contributed by atoms with Crippen LogP contribution in [0.1, 0.15) is 12.0 Å². The molecular weight excluding hydrogens is 425 g/mol. The first kappa shape index (κ1) is 20.5. The van der Waals surface area contributed by atoms with Gasteiger partial charge >= 0.3 is 0 Å². The third-order valence-electron chi connectivity index (χ3n) is 4.35. The fraction of sp³-hybridized carbons (Fsp3) is 0.316. The smallest absolute Gasteiger partial charge is 0.237 e. The molecule has 1 aliphatic rings. The largest absolute Gasteiger partial charge is 0.308 e. The predicted octanol–water partition coefficient (Wildman–Crippen LogP) is 4.45. The summed E-state index contributed by atoms with van der Waals surface area (Å²) in [5, 5.41) is 0.988. The van der Waals surface area contributed by atoms with Crippen molar-refractivity contribution in [2.24, 2.45) is 0 Å². The standard InChI is InChI=1S/C19H19Cl2NO3S2/c20-17-7-6-14(10-18(17)21)11-26-12-19(23)22(15-4-2-1-3-5-15)16-8-9-27(24,25)13-16/h1-7,10,16H,8-9,11-13H2. The lowest BCUT2D eigenvalue weighted by atomic mass is 10.2. The first-order valence-corrected chi connectivity index (χ1v) is 12.2. The maximum atomic E-state index is 12.9. The number of carbonyl (C=O) groups excluding carboxylic acids is 1. The number of hydrogen-bond acceptors (Lipinski definition) is 4. The van der Waals surface area contributed by atoms with Crippen LogP contribution >= 0.6 is 35.0 Å². The summed E-state index contributed by atoms with van der Waals surface area (Å²) in [7, 11) is -3.08. The van der Waals surface area contributed by atoms with Crippen LogP contribution in [0.15, 0.2) is 48.5 Å². The van der Waals surface area contributed by atoms with Gasteiger partial charge in [-0.3, -0.25) is 4.79 Å². The van der Waals surface area contributed by atoms with Crippen molar-refractivity contribution in [3.63, 3.8) is 0 Å². The van der Waals surface area contributed by atoms with E-state index in [2.05, 4.69) is 0 Å². The Balaban J connectivity index is 1.68. The molecule has 3 rings (SSSR count). The Morgan fingerprint density at radius 2 is 1.85 bits per heavy atom. The molecule has 4 nitrogen and oxygen atoms in total. The lowest BCUT2D eigenvalue weighted by Crippen LogP contribution is -2.42. The molecule has 0 aliphatic carbocycles. The van der Waals surface area contributed by atoms with Gasteiger partial charge in [0.2, 0.25) is 5.91 Å². The number of sulfone groups is 1. The number of rotatable bonds is 6. The minimum Gasteiger partial charge on any atom is -0.308 e. The van der Waals surface area contributed by atoms with E-state index in [0.717, 1.165) is 11.3 Å². The van der Waals surface area contributed by atoms with Crippen LogP contribution in [0.4, 0.5) is 5.69 Å². The van der Waals surface area contributed by atoms with Gasteiger partial charge in [-0.2, -0.15) is 0 Å². The van der Waals surface area contributed by atoms with Gasteiger partial charge in [0, 0.05) is 11.4 Å². The topological polar surface area (TPSA) is 54.5 Å². The molecule has 27 heavy (non-hydrogen) atoms. The third-order valence-corrected chi connectivity index (χ3v) is 7.83. The van der Waals surface area contributed by atoms with E-state index in [-0.39, 0.29) is 29.2 Å². The van der Waals surface area contributed by atoms with Gasteiger partial charge in [0.25, 0.3) is 0 Å². The Hall–Kier alpha value is -1.21. The van der Waals surface area contributed by atoms with Crippen LogP contribution < -0.4 is 4.90 Å². The molecule has 144 valence electrons. The fourth-order valence-corrected chi connectivity index (χ4v) is 5.93. The van der Waals surface area contributed by atoms with Crippen LogP contribution in [-0.4, -0.2) is 37.6 Å².